The van der Waals surface area contributed by atoms with Crippen LogP contribution in [0, 0.1) is 0 Å². The van der Waals surface area contributed by atoms with Gasteiger partial charge in [-0.05, 0) is 11.6 Å². The quantitative estimate of drug-likeness (QED) is 0.639. The van der Waals surface area contributed by atoms with E-state index < -0.39 is 0 Å². The molecule has 1 atom stereocenters. The first-order valence-electron chi connectivity index (χ1n) is 3.56. The molecule has 1 unspecified atom stereocenters. The monoisotopic (exact) mass is 156 g/mol. The molecule has 0 amide bonds. The van der Waals surface area contributed by atoms with Gasteiger partial charge in [-0.25, -0.2) is 0 Å². The molecule has 0 fully saturated rings. The Labute approximate surface area is 64.8 Å². The summed E-state index contributed by atoms with van der Waals surface area (Å²) in [6, 6.07) is 0.0786. The number of anilines is 1. The predicted molar refractivity (Wildman–Crippen MR) is 40.7 cm³/mol. The molecule has 0 saturated carbocycles. The lowest BCUT2D eigenvalue weighted by molar-refractivity contribution is 0.368. The Morgan fingerprint density at radius 1 is 1.64 bits per heavy atom. The highest BCUT2D eigenvalue weighted by Crippen LogP contribution is 2.02. The van der Waals surface area contributed by atoms with Crippen LogP contribution in [0.4, 0.5) is 5.95 Å². The average Bonchev–Trinajstić information content (AvgIpc) is 2.35. The van der Waals surface area contributed by atoms with Crippen LogP contribution in [0.5, 0.6) is 0 Å². The second kappa shape index (κ2) is 3.34. The zero-order chi connectivity index (χ0) is 8.27. The molecule has 0 spiro atoms. The largest absolute Gasteiger partial charge is 0.365 e. The molecule has 5 heteroatoms. The Hall–Kier alpha value is -1.10. The van der Waals surface area contributed by atoms with Crippen LogP contribution in [0.3, 0.4) is 0 Å². The van der Waals surface area contributed by atoms with Crippen LogP contribution in [0.2, 0.25) is 0 Å². The van der Waals surface area contributed by atoms with Crippen molar-refractivity contribution in [2.75, 3.05) is 5.73 Å². The van der Waals surface area contributed by atoms with Gasteiger partial charge in [-0.2, -0.15) is 4.98 Å². The van der Waals surface area contributed by atoms with Crippen LogP contribution < -0.4 is 11.5 Å². The smallest absolute Gasteiger partial charge is 0.260 e. The number of aromatic nitrogens is 2. The summed E-state index contributed by atoms with van der Waals surface area (Å²) in [5.74, 6) is 0.681. The van der Waals surface area contributed by atoms with Crippen molar-refractivity contribution in [1.82, 2.24) is 10.1 Å². The molecule has 5 nitrogen and oxygen atoms in total. The summed E-state index contributed by atoms with van der Waals surface area (Å²) in [4.78, 5) is 3.82. The molecule has 0 saturated heterocycles. The Morgan fingerprint density at radius 3 is 2.82 bits per heavy atom. The lowest BCUT2D eigenvalue weighted by Crippen LogP contribution is -2.21. The van der Waals surface area contributed by atoms with Crippen molar-refractivity contribution >= 4 is 5.95 Å². The number of nitrogen functional groups attached to an aromatic ring is 1. The van der Waals surface area contributed by atoms with E-state index in [9.17, 15) is 0 Å². The third kappa shape index (κ3) is 2.19. The fourth-order valence-corrected chi connectivity index (χ4v) is 0.720. The van der Waals surface area contributed by atoms with Gasteiger partial charge >= 0.3 is 0 Å². The molecule has 1 aromatic rings. The molecule has 1 heterocycles. The third-order valence-corrected chi connectivity index (χ3v) is 1.44. The summed E-state index contributed by atoms with van der Waals surface area (Å²) < 4.78 is 4.77. The second-order valence-corrected chi connectivity index (χ2v) is 2.42. The van der Waals surface area contributed by atoms with E-state index in [1.54, 1.807) is 0 Å². The number of hydrogen-bond acceptors (Lipinski definition) is 5. The molecule has 62 valence electrons. The molecular weight excluding hydrogens is 144 g/mol. The first-order chi connectivity index (χ1) is 5.22. The predicted octanol–water partition coefficient (Wildman–Crippen LogP) is -0.0684. The van der Waals surface area contributed by atoms with E-state index in [1.165, 1.54) is 0 Å². The van der Waals surface area contributed by atoms with Gasteiger partial charge in [0.05, 0.1) is 0 Å². The van der Waals surface area contributed by atoms with Crippen LogP contribution in [0.15, 0.2) is 4.52 Å². The molecule has 0 aromatic carbocycles. The van der Waals surface area contributed by atoms with Crippen LogP contribution >= 0.6 is 0 Å². The summed E-state index contributed by atoms with van der Waals surface area (Å²) >= 11 is 0. The van der Waals surface area contributed by atoms with E-state index in [1.807, 2.05) is 6.92 Å². The highest BCUT2D eigenvalue weighted by molar-refractivity contribution is 5.10. The lowest BCUT2D eigenvalue weighted by Gasteiger charge is -2.02. The molecule has 4 N–H and O–H groups in total. The van der Waals surface area contributed by atoms with Gasteiger partial charge in [-0.1, -0.05) is 6.92 Å². The van der Waals surface area contributed by atoms with E-state index in [2.05, 4.69) is 10.1 Å². The topological polar surface area (TPSA) is 91.0 Å². The van der Waals surface area contributed by atoms with Gasteiger partial charge in [0.2, 0.25) is 5.89 Å². The van der Waals surface area contributed by atoms with Gasteiger partial charge in [0, 0.05) is 12.5 Å². The Bertz CT molecular complexity index is 222. The molecule has 11 heavy (non-hydrogen) atoms. The molecule has 1 aromatic heterocycles. The van der Waals surface area contributed by atoms with Crippen molar-refractivity contribution in [2.45, 2.75) is 25.8 Å². The Kier molecular flexibility index (Phi) is 2.43. The van der Waals surface area contributed by atoms with Crippen molar-refractivity contribution in [3.05, 3.63) is 5.89 Å². The summed E-state index contributed by atoms with van der Waals surface area (Å²) in [6.07, 6.45) is 1.49. The summed E-state index contributed by atoms with van der Waals surface area (Å²) in [7, 11) is 0. The van der Waals surface area contributed by atoms with Crippen molar-refractivity contribution in [3.8, 4) is 0 Å². The van der Waals surface area contributed by atoms with Gasteiger partial charge in [-0.3, -0.25) is 0 Å². The number of nitrogens with two attached hydrogens (primary N) is 2. The molecule has 0 aliphatic carbocycles. The molecule has 0 aliphatic rings. The van der Waals surface area contributed by atoms with Crippen LogP contribution in [-0.2, 0) is 6.42 Å². The van der Waals surface area contributed by atoms with E-state index >= 15 is 0 Å². The Balaban J connectivity index is 2.50. The maximum atomic E-state index is 5.65. The highest BCUT2D eigenvalue weighted by atomic mass is 16.5. The lowest BCUT2D eigenvalue weighted by atomic mass is 10.2. The maximum absolute atomic E-state index is 5.65. The average molecular weight is 156 g/mol. The zero-order valence-electron chi connectivity index (χ0n) is 6.45. The van der Waals surface area contributed by atoms with Gasteiger partial charge in [-0.15, -0.1) is 0 Å². The summed E-state index contributed by atoms with van der Waals surface area (Å²) in [5.41, 5.74) is 10.9. The number of nitrogens with zero attached hydrogens (tertiary/aromatic N) is 2. The standard InChI is InChI=1S/C6H12N4O/c1-2-4(7)3-5-9-6(8)10-11-5/h4H,2-3,7H2,1H3,(H2,8,10). The second-order valence-electron chi connectivity index (χ2n) is 2.42. The van der Waals surface area contributed by atoms with E-state index in [0.717, 1.165) is 6.42 Å². The first kappa shape index (κ1) is 8.00. The number of rotatable bonds is 3. The van der Waals surface area contributed by atoms with Crippen LogP contribution in [0.25, 0.3) is 0 Å². The highest BCUT2D eigenvalue weighted by Gasteiger charge is 2.07. The molecule has 1 rings (SSSR count). The molecule has 0 aliphatic heterocycles. The number of hydrogen-bond donors (Lipinski definition) is 2. The van der Waals surface area contributed by atoms with Crippen LogP contribution in [-0.4, -0.2) is 16.2 Å². The van der Waals surface area contributed by atoms with Gasteiger partial charge in [0.15, 0.2) is 0 Å². The van der Waals surface area contributed by atoms with Crippen molar-refractivity contribution in [2.24, 2.45) is 5.73 Å². The molecule has 0 bridgehead atoms. The van der Waals surface area contributed by atoms with E-state index in [4.69, 9.17) is 16.0 Å². The normalized spacial score (nSPS) is 13.3. The minimum atomic E-state index is 0.0786. The van der Waals surface area contributed by atoms with Crippen molar-refractivity contribution < 1.29 is 4.52 Å². The van der Waals surface area contributed by atoms with E-state index in [0.29, 0.717) is 12.3 Å². The maximum Gasteiger partial charge on any atom is 0.260 e. The summed E-state index contributed by atoms with van der Waals surface area (Å²) in [5, 5.41) is 3.44. The van der Waals surface area contributed by atoms with E-state index in [-0.39, 0.29) is 12.0 Å². The molecular formula is C6H12N4O. The van der Waals surface area contributed by atoms with Gasteiger partial charge in [0.25, 0.3) is 5.95 Å². The van der Waals surface area contributed by atoms with Gasteiger partial charge in [0.1, 0.15) is 0 Å². The Morgan fingerprint density at radius 2 is 2.36 bits per heavy atom. The minimum absolute atomic E-state index is 0.0786. The first-order valence-corrected chi connectivity index (χ1v) is 3.56. The fourth-order valence-electron chi connectivity index (χ4n) is 0.720. The van der Waals surface area contributed by atoms with Gasteiger partial charge < -0.3 is 16.0 Å². The summed E-state index contributed by atoms with van der Waals surface area (Å²) in [6.45, 7) is 2.00. The third-order valence-electron chi connectivity index (χ3n) is 1.44. The van der Waals surface area contributed by atoms with Crippen molar-refractivity contribution in [1.29, 1.82) is 0 Å². The SMILES string of the molecule is CCC(N)Cc1nc(N)no1. The van der Waals surface area contributed by atoms with Crippen LogP contribution in [0.1, 0.15) is 19.2 Å². The minimum Gasteiger partial charge on any atom is -0.365 e. The van der Waals surface area contributed by atoms with Crippen molar-refractivity contribution in [3.63, 3.8) is 0 Å². The zero-order valence-corrected chi connectivity index (χ0v) is 6.45. The molecule has 0 radical (unpaired) electrons. The fraction of sp³-hybridized carbons (Fsp3) is 0.667.